The van der Waals surface area contributed by atoms with Crippen molar-refractivity contribution in [1.29, 1.82) is 0 Å². The Bertz CT molecular complexity index is 635. The molecule has 1 heterocycles. The molecule has 0 spiro atoms. The van der Waals surface area contributed by atoms with E-state index in [9.17, 15) is 19.7 Å². The molecule has 9 heteroatoms. The topological polar surface area (TPSA) is 93.0 Å². The van der Waals surface area contributed by atoms with Gasteiger partial charge in [0, 0.05) is 38.0 Å². The highest BCUT2D eigenvalue weighted by atomic mass is 32.1. The molecule has 0 aromatic heterocycles. The normalized spacial score (nSPS) is 20.6. The molecular weight excluding hydrogens is 334 g/mol. The van der Waals surface area contributed by atoms with E-state index in [0.717, 1.165) is 0 Å². The second-order valence-corrected chi connectivity index (χ2v) is 6.50. The molecule has 0 unspecified atom stereocenters. The summed E-state index contributed by atoms with van der Waals surface area (Å²) in [5, 5.41) is 10.6. The lowest BCUT2D eigenvalue weighted by Gasteiger charge is -2.25. The van der Waals surface area contributed by atoms with Crippen molar-refractivity contribution < 1.29 is 19.2 Å². The highest BCUT2D eigenvalue weighted by molar-refractivity contribution is 7.81. The van der Waals surface area contributed by atoms with Crippen molar-refractivity contribution >= 4 is 30.2 Å². The number of non-ortho nitro benzene ring substituents is 1. The lowest BCUT2D eigenvalue weighted by atomic mass is 10.2. The molecule has 1 amide bonds. The summed E-state index contributed by atoms with van der Waals surface area (Å²) in [4.78, 5) is 37.5. The number of ether oxygens (including phenoxy) is 1. The van der Waals surface area contributed by atoms with Crippen LogP contribution in [0.4, 0.5) is 5.69 Å². The summed E-state index contributed by atoms with van der Waals surface area (Å²) in [6, 6.07) is 4.80. The predicted octanol–water partition coefficient (Wildman–Crippen LogP) is 1.17. The molecule has 130 valence electrons. The van der Waals surface area contributed by atoms with Gasteiger partial charge in [0.1, 0.15) is 6.73 Å². The predicted molar refractivity (Wildman–Crippen MR) is 90.0 cm³/mol. The maximum Gasteiger partial charge on any atom is 0.339 e. The van der Waals surface area contributed by atoms with E-state index >= 15 is 0 Å². The van der Waals surface area contributed by atoms with Gasteiger partial charge in [-0.05, 0) is 18.6 Å². The zero-order valence-electron chi connectivity index (χ0n) is 13.4. The van der Waals surface area contributed by atoms with E-state index < -0.39 is 10.9 Å². The maximum atomic E-state index is 12.2. The number of likely N-dealkylation sites (N-methyl/N-ethyl adjacent to an activating group) is 1. The number of hydrogen-bond acceptors (Lipinski definition) is 7. The van der Waals surface area contributed by atoms with Crippen LogP contribution in [-0.4, -0.2) is 65.3 Å². The number of thiol groups is 1. The number of hydrogen-bond donors (Lipinski definition) is 1. The summed E-state index contributed by atoms with van der Waals surface area (Å²) in [5.41, 5.74) is 0.123. The molecule has 24 heavy (non-hydrogen) atoms. The van der Waals surface area contributed by atoms with Crippen LogP contribution in [-0.2, 0) is 9.53 Å². The molecule has 1 aliphatic rings. The summed E-state index contributed by atoms with van der Waals surface area (Å²) in [7, 11) is 3.35. The zero-order chi connectivity index (χ0) is 17.9. The fourth-order valence-electron chi connectivity index (χ4n) is 2.52. The van der Waals surface area contributed by atoms with Gasteiger partial charge in [-0.1, -0.05) is 0 Å². The Kier molecular flexibility index (Phi) is 5.79. The first-order chi connectivity index (χ1) is 11.3. The van der Waals surface area contributed by atoms with Crippen LogP contribution in [0.3, 0.4) is 0 Å². The molecular formula is C15H19N3O5S. The molecule has 1 aromatic rings. The first-order valence-corrected chi connectivity index (χ1v) is 7.86. The van der Waals surface area contributed by atoms with Gasteiger partial charge in [0.25, 0.3) is 5.69 Å². The second-order valence-electron chi connectivity index (χ2n) is 5.77. The van der Waals surface area contributed by atoms with Crippen LogP contribution in [0.1, 0.15) is 16.8 Å². The molecule has 1 aliphatic heterocycles. The Morgan fingerprint density at radius 3 is 2.54 bits per heavy atom. The molecule has 1 aromatic carbocycles. The van der Waals surface area contributed by atoms with Crippen molar-refractivity contribution in [3.05, 3.63) is 39.9 Å². The van der Waals surface area contributed by atoms with Crippen molar-refractivity contribution in [2.75, 3.05) is 27.4 Å². The third-order valence-corrected chi connectivity index (χ3v) is 4.16. The highest BCUT2D eigenvalue weighted by Gasteiger charge is 2.36. The molecule has 0 radical (unpaired) electrons. The SMILES string of the molecule is CN(C)C(=O)[C@@H]1C[C@H](S)CN1COC(=O)c1ccc([N+](=O)[O-])cc1. The number of nitrogens with zero attached hydrogens (tertiary/aromatic N) is 3. The van der Waals surface area contributed by atoms with Crippen LogP contribution >= 0.6 is 12.6 Å². The van der Waals surface area contributed by atoms with Gasteiger partial charge in [-0.25, -0.2) is 4.79 Å². The van der Waals surface area contributed by atoms with Crippen molar-refractivity contribution in [2.45, 2.75) is 17.7 Å². The van der Waals surface area contributed by atoms with Gasteiger partial charge < -0.3 is 9.64 Å². The second kappa shape index (κ2) is 7.63. The Hall–Kier alpha value is -2.13. The lowest BCUT2D eigenvalue weighted by molar-refractivity contribution is -0.384. The zero-order valence-corrected chi connectivity index (χ0v) is 14.3. The molecule has 1 saturated heterocycles. The Labute approximate surface area is 144 Å². The fourth-order valence-corrected chi connectivity index (χ4v) is 2.93. The average Bonchev–Trinajstić information content (AvgIpc) is 2.92. The van der Waals surface area contributed by atoms with Gasteiger partial charge in [0.15, 0.2) is 0 Å². The van der Waals surface area contributed by atoms with E-state index in [1.165, 1.54) is 29.2 Å². The van der Waals surface area contributed by atoms with E-state index in [2.05, 4.69) is 12.6 Å². The fraction of sp³-hybridized carbons (Fsp3) is 0.467. The van der Waals surface area contributed by atoms with Crippen LogP contribution in [0.5, 0.6) is 0 Å². The molecule has 0 aliphatic carbocycles. The van der Waals surface area contributed by atoms with Gasteiger partial charge in [0.05, 0.1) is 16.5 Å². The standard InChI is InChI=1S/C15H19N3O5S/c1-16(2)14(19)13-7-12(24)8-17(13)9-23-15(20)10-3-5-11(6-4-10)18(21)22/h3-6,12-13,24H,7-9H2,1-2H3/t12-,13-/m0/s1. The molecule has 2 atom stereocenters. The minimum Gasteiger partial charge on any atom is -0.446 e. The van der Waals surface area contributed by atoms with Crippen LogP contribution in [0.2, 0.25) is 0 Å². The Morgan fingerprint density at radius 1 is 1.38 bits per heavy atom. The molecule has 0 bridgehead atoms. The van der Waals surface area contributed by atoms with Crippen LogP contribution in [0, 0.1) is 10.1 Å². The summed E-state index contributed by atoms with van der Waals surface area (Å²) in [5.74, 6) is -0.651. The minimum absolute atomic E-state index is 0.0306. The number of likely N-dealkylation sites (tertiary alicyclic amines) is 1. The summed E-state index contributed by atoms with van der Waals surface area (Å²) < 4.78 is 5.23. The maximum absolute atomic E-state index is 12.2. The molecule has 1 fully saturated rings. The Balaban J connectivity index is 1.97. The monoisotopic (exact) mass is 353 g/mol. The first-order valence-electron chi connectivity index (χ1n) is 7.34. The quantitative estimate of drug-likeness (QED) is 0.370. The van der Waals surface area contributed by atoms with Crippen molar-refractivity contribution in [3.63, 3.8) is 0 Å². The van der Waals surface area contributed by atoms with Gasteiger partial charge in [-0.15, -0.1) is 0 Å². The number of rotatable bonds is 5. The van der Waals surface area contributed by atoms with Gasteiger partial charge in [-0.3, -0.25) is 19.8 Å². The Morgan fingerprint density at radius 2 is 2.00 bits per heavy atom. The number of amides is 1. The van der Waals surface area contributed by atoms with Crippen LogP contribution in [0.25, 0.3) is 0 Å². The number of carbonyl (C=O) groups excluding carboxylic acids is 2. The van der Waals surface area contributed by atoms with E-state index in [4.69, 9.17) is 4.74 Å². The third-order valence-electron chi connectivity index (χ3n) is 3.78. The molecule has 8 nitrogen and oxygen atoms in total. The molecule has 0 N–H and O–H groups in total. The van der Waals surface area contributed by atoms with Crippen LogP contribution in [0.15, 0.2) is 24.3 Å². The number of esters is 1. The molecule has 0 saturated carbocycles. The average molecular weight is 353 g/mol. The summed E-state index contributed by atoms with van der Waals surface area (Å²) in [6.45, 7) is 0.512. The highest BCUT2D eigenvalue weighted by Crippen LogP contribution is 2.23. The summed E-state index contributed by atoms with van der Waals surface area (Å²) >= 11 is 4.40. The number of nitro benzene ring substituents is 1. The van der Waals surface area contributed by atoms with Crippen molar-refractivity contribution in [3.8, 4) is 0 Å². The molecule has 2 rings (SSSR count). The number of carbonyl (C=O) groups is 2. The van der Waals surface area contributed by atoms with Gasteiger partial charge in [-0.2, -0.15) is 12.6 Å². The first kappa shape index (κ1) is 18.2. The minimum atomic E-state index is -0.594. The largest absolute Gasteiger partial charge is 0.446 e. The van der Waals surface area contributed by atoms with Crippen molar-refractivity contribution in [1.82, 2.24) is 9.80 Å². The number of benzene rings is 1. The third kappa shape index (κ3) is 4.24. The smallest absolute Gasteiger partial charge is 0.339 e. The van der Waals surface area contributed by atoms with Gasteiger partial charge >= 0.3 is 5.97 Å². The summed E-state index contributed by atoms with van der Waals surface area (Å²) in [6.07, 6.45) is 0.592. The van der Waals surface area contributed by atoms with Gasteiger partial charge in [0.2, 0.25) is 5.91 Å². The van der Waals surface area contributed by atoms with E-state index in [1.807, 2.05) is 0 Å². The van der Waals surface area contributed by atoms with Crippen LogP contribution < -0.4 is 0 Å². The van der Waals surface area contributed by atoms with E-state index in [0.29, 0.717) is 13.0 Å². The number of nitro groups is 1. The van der Waals surface area contributed by atoms with E-state index in [-0.39, 0.29) is 35.2 Å². The van der Waals surface area contributed by atoms with E-state index in [1.54, 1.807) is 19.0 Å². The lowest BCUT2D eigenvalue weighted by Crippen LogP contribution is -2.43. The van der Waals surface area contributed by atoms with Crippen molar-refractivity contribution in [2.24, 2.45) is 0 Å².